The van der Waals surface area contributed by atoms with Crippen molar-refractivity contribution in [3.05, 3.63) is 30.1 Å². The molecule has 0 spiro atoms. The van der Waals surface area contributed by atoms with Crippen LogP contribution in [0.2, 0.25) is 0 Å². The fourth-order valence-electron chi connectivity index (χ4n) is 4.40. The van der Waals surface area contributed by atoms with Crippen LogP contribution in [0.5, 0.6) is 0 Å². The van der Waals surface area contributed by atoms with Gasteiger partial charge in [-0.15, -0.1) is 0 Å². The highest BCUT2D eigenvalue weighted by atomic mass is 19.1. The van der Waals surface area contributed by atoms with Crippen LogP contribution in [-0.2, 0) is 9.47 Å². The molecule has 1 aromatic rings. The molecule has 1 aliphatic carbocycles. The van der Waals surface area contributed by atoms with Crippen LogP contribution in [-0.4, -0.2) is 65.7 Å². The van der Waals surface area contributed by atoms with Gasteiger partial charge in [-0.1, -0.05) is 6.07 Å². The molecule has 1 saturated carbocycles. The van der Waals surface area contributed by atoms with Gasteiger partial charge < -0.3 is 14.6 Å². The number of hydrogen-bond donors (Lipinski definition) is 1. The van der Waals surface area contributed by atoms with Crippen LogP contribution in [0, 0.1) is 5.92 Å². The van der Waals surface area contributed by atoms with Gasteiger partial charge >= 0.3 is 0 Å². The minimum absolute atomic E-state index is 0.0916. The average molecular weight is 322 g/mol. The van der Waals surface area contributed by atoms with Crippen molar-refractivity contribution in [3.63, 3.8) is 0 Å². The van der Waals surface area contributed by atoms with Crippen molar-refractivity contribution in [2.75, 3.05) is 32.9 Å². The van der Waals surface area contributed by atoms with Crippen molar-refractivity contribution >= 4 is 0 Å². The van der Waals surface area contributed by atoms with Crippen molar-refractivity contribution in [2.24, 2.45) is 5.92 Å². The molecule has 2 saturated heterocycles. The summed E-state index contributed by atoms with van der Waals surface area (Å²) in [5, 5.41) is 11.2. The van der Waals surface area contributed by atoms with Crippen LogP contribution in [0.1, 0.15) is 24.6 Å². The van der Waals surface area contributed by atoms with Crippen LogP contribution in [0.3, 0.4) is 0 Å². The van der Waals surface area contributed by atoms with Gasteiger partial charge in [-0.05, 0) is 30.9 Å². The molecule has 23 heavy (non-hydrogen) atoms. The van der Waals surface area contributed by atoms with Crippen LogP contribution < -0.4 is 0 Å². The van der Waals surface area contributed by atoms with Crippen LogP contribution in [0.25, 0.3) is 0 Å². The van der Waals surface area contributed by atoms with E-state index >= 15 is 0 Å². The van der Waals surface area contributed by atoms with E-state index in [0.29, 0.717) is 39.1 Å². The summed E-state index contributed by atoms with van der Waals surface area (Å²) in [7, 11) is 0. The van der Waals surface area contributed by atoms with E-state index in [1.54, 1.807) is 6.20 Å². The first-order valence-electron chi connectivity index (χ1n) is 8.39. The molecule has 1 aromatic heterocycles. The Labute approximate surface area is 135 Å². The van der Waals surface area contributed by atoms with E-state index in [0.717, 1.165) is 5.69 Å². The normalized spacial score (nSPS) is 41.7. The minimum Gasteiger partial charge on any atom is -0.385 e. The van der Waals surface area contributed by atoms with Crippen molar-refractivity contribution in [2.45, 2.75) is 36.8 Å². The summed E-state index contributed by atoms with van der Waals surface area (Å²) in [5.74, 6) is -0.0916. The maximum Gasteiger partial charge on any atom is 0.119 e. The summed E-state index contributed by atoms with van der Waals surface area (Å²) in [6.45, 7) is 2.71. The van der Waals surface area contributed by atoms with E-state index in [2.05, 4.69) is 4.98 Å². The summed E-state index contributed by atoms with van der Waals surface area (Å²) >= 11 is 0. The van der Waals surface area contributed by atoms with Crippen LogP contribution >= 0.6 is 0 Å². The molecule has 0 radical (unpaired) electrons. The summed E-state index contributed by atoms with van der Waals surface area (Å²) in [4.78, 5) is 6.38. The second kappa shape index (κ2) is 6.09. The lowest BCUT2D eigenvalue weighted by Gasteiger charge is -2.46. The number of nitrogens with zero attached hydrogens (tertiary/aromatic N) is 2. The number of rotatable bonds is 2. The lowest BCUT2D eigenvalue weighted by Crippen LogP contribution is -2.61. The summed E-state index contributed by atoms with van der Waals surface area (Å²) in [6, 6.07) is 5.23. The second-order valence-electron chi connectivity index (χ2n) is 6.82. The molecule has 126 valence electrons. The third kappa shape index (κ3) is 2.67. The molecule has 3 heterocycles. The molecule has 0 bridgehead atoms. The number of hydrogen-bond acceptors (Lipinski definition) is 5. The van der Waals surface area contributed by atoms with Gasteiger partial charge in [0.2, 0.25) is 0 Å². The highest BCUT2D eigenvalue weighted by Gasteiger charge is 2.59. The van der Waals surface area contributed by atoms with E-state index in [9.17, 15) is 9.50 Å². The van der Waals surface area contributed by atoms with Gasteiger partial charge in [0.05, 0.1) is 37.7 Å². The number of alkyl halides is 1. The highest BCUT2D eigenvalue weighted by Crippen LogP contribution is 2.49. The predicted molar refractivity (Wildman–Crippen MR) is 81.7 cm³/mol. The SMILES string of the molecule is O[C@]12CO[C@@H](c3ccccn3)C[C@H]1C[C@@H](F)[C@H]2N1CCOCC1. The average Bonchev–Trinajstić information content (AvgIpc) is 2.85. The maximum absolute atomic E-state index is 14.7. The zero-order valence-corrected chi connectivity index (χ0v) is 13.1. The number of morpholine rings is 1. The Balaban J connectivity index is 1.53. The van der Waals surface area contributed by atoms with E-state index in [1.807, 2.05) is 23.1 Å². The Hall–Kier alpha value is -1.08. The van der Waals surface area contributed by atoms with Gasteiger partial charge in [0.1, 0.15) is 11.8 Å². The fourth-order valence-corrected chi connectivity index (χ4v) is 4.40. The zero-order valence-electron chi connectivity index (χ0n) is 13.1. The zero-order chi connectivity index (χ0) is 15.9. The monoisotopic (exact) mass is 322 g/mol. The lowest BCUT2D eigenvalue weighted by molar-refractivity contribution is -0.177. The molecule has 0 amide bonds. The molecule has 5 atom stereocenters. The van der Waals surface area contributed by atoms with Gasteiger partial charge in [0.15, 0.2) is 0 Å². The summed E-state index contributed by atoms with van der Waals surface area (Å²) < 4.78 is 26.0. The molecule has 1 N–H and O–H groups in total. The van der Waals surface area contributed by atoms with Gasteiger partial charge in [-0.2, -0.15) is 0 Å². The Morgan fingerprint density at radius 1 is 1.26 bits per heavy atom. The standard InChI is InChI=1S/C17H23FN2O3/c18-13-9-12-10-15(14-3-1-2-4-19-14)23-11-17(12,21)16(13)20-5-7-22-8-6-20/h1-4,12-13,15-16,21H,5-11H2/t12-,13-,15-,16-,17-/m1/s1. The maximum atomic E-state index is 14.7. The smallest absolute Gasteiger partial charge is 0.119 e. The molecular weight excluding hydrogens is 299 g/mol. The number of aliphatic hydroxyl groups is 1. The predicted octanol–water partition coefficient (Wildman–Crippen LogP) is 1.33. The minimum atomic E-state index is -1.11. The van der Waals surface area contributed by atoms with Gasteiger partial charge in [0.25, 0.3) is 0 Å². The molecule has 5 nitrogen and oxygen atoms in total. The molecule has 0 aromatic carbocycles. The van der Waals surface area contributed by atoms with Crippen molar-refractivity contribution < 1.29 is 19.0 Å². The Morgan fingerprint density at radius 3 is 2.83 bits per heavy atom. The van der Waals surface area contributed by atoms with Crippen molar-refractivity contribution in [1.29, 1.82) is 0 Å². The van der Waals surface area contributed by atoms with Gasteiger partial charge in [-0.3, -0.25) is 9.88 Å². The Morgan fingerprint density at radius 2 is 2.09 bits per heavy atom. The third-order valence-electron chi connectivity index (χ3n) is 5.54. The number of fused-ring (bicyclic) bond motifs is 1. The molecule has 4 rings (SSSR count). The quantitative estimate of drug-likeness (QED) is 0.890. The third-order valence-corrected chi connectivity index (χ3v) is 5.54. The first-order valence-corrected chi connectivity index (χ1v) is 8.39. The highest BCUT2D eigenvalue weighted by molar-refractivity contribution is 5.15. The number of halogens is 1. The number of pyridine rings is 1. The van der Waals surface area contributed by atoms with E-state index in [1.165, 1.54) is 0 Å². The molecular formula is C17H23FN2O3. The molecule has 3 aliphatic rings. The van der Waals surface area contributed by atoms with Gasteiger partial charge in [0, 0.05) is 19.3 Å². The van der Waals surface area contributed by atoms with Crippen molar-refractivity contribution in [3.8, 4) is 0 Å². The van der Waals surface area contributed by atoms with E-state index in [-0.39, 0.29) is 18.6 Å². The van der Waals surface area contributed by atoms with Crippen LogP contribution in [0.4, 0.5) is 4.39 Å². The number of ether oxygens (including phenoxy) is 2. The second-order valence-corrected chi connectivity index (χ2v) is 6.82. The molecule has 2 aliphatic heterocycles. The van der Waals surface area contributed by atoms with Gasteiger partial charge in [-0.25, -0.2) is 4.39 Å². The number of aromatic nitrogens is 1. The molecule has 3 fully saturated rings. The topological polar surface area (TPSA) is 54.8 Å². The summed E-state index contributed by atoms with van der Waals surface area (Å²) in [6.07, 6.45) is 1.58. The molecule has 0 unspecified atom stereocenters. The van der Waals surface area contributed by atoms with Crippen LogP contribution in [0.15, 0.2) is 24.4 Å². The first-order chi connectivity index (χ1) is 11.2. The first kappa shape index (κ1) is 15.4. The fraction of sp³-hybridized carbons (Fsp3) is 0.706. The van der Waals surface area contributed by atoms with E-state index in [4.69, 9.17) is 9.47 Å². The van der Waals surface area contributed by atoms with Crippen molar-refractivity contribution in [1.82, 2.24) is 9.88 Å². The molecule has 6 heteroatoms. The van der Waals surface area contributed by atoms with E-state index < -0.39 is 17.8 Å². The Kier molecular flexibility index (Phi) is 4.09. The summed E-state index contributed by atoms with van der Waals surface area (Å²) in [5.41, 5.74) is -0.248. The largest absolute Gasteiger partial charge is 0.385 e. The lowest BCUT2D eigenvalue weighted by atomic mass is 9.81. The Bertz CT molecular complexity index is 540.